The molecule has 0 aromatic heterocycles. The van der Waals surface area contributed by atoms with Gasteiger partial charge < -0.3 is 0 Å². The number of hydrogen-bond donors (Lipinski definition) is 0. The van der Waals surface area contributed by atoms with Crippen LogP contribution in [0.25, 0.3) is 0 Å². The Hall–Kier alpha value is -0.0800. The van der Waals surface area contributed by atoms with Gasteiger partial charge in [-0.2, -0.15) is 0 Å². The molecule has 0 amide bonds. The Kier molecular flexibility index (Phi) is 5.51. The predicted octanol–water partition coefficient (Wildman–Crippen LogP) is 3.31. The summed E-state index contributed by atoms with van der Waals surface area (Å²) in [4.78, 5) is 10.4. The van der Waals surface area contributed by atoms with E-state index in [2.05, 4.69) is 6.92 Å². The van der Waals surface area contributed by atoms with Crippen LogP contribution in [0.2, 0.25) is 0 Å². The third kappa shape index (κ3) is 8.02. The van der Waals surface area contributed by atoms with Gasteiger partial charge >= 0.3 is 0 Å². The fourth-order valence-electron chi connectivity index (χ4n) is 0.766. The minimum atomic E-state index is -0.194. The fourth-order valence-corrected chi connectivity index (χ4v) is 0.766. The summed E-state index contributed by atoms with van der Waals surface area (Å²) in [6.07, 6.45) is 3.70. The average Bonchev–Trinajstić information content (AvgIpc) is 1.95. The second-order valence-corrected chi connectivity index (χ2v) is 4.24. The smallest absolute Gasteiger partial charge is 0.0952 e. The van der Waals surface area contributed by atoms with E-state index in [1.54, 1.807) is 0 Å². The molecule has 0 aliphatic rings. The lowest BCUT2D eigenvalue weighted by atomic mass is 10.2. The summed E-state index contributed by atoms with van der Waals surface area (Å²) in [5.74, 6) is 0. The van der Waals surface area contributed by atoms with Crippen LogP contribution >= 0.6 is 0 Å². The van der Waals surface area contributed by atoms with Gasteiger partial charge in [-0.3, -0.25) is 0 Å². The molecule has 74 valence electrons. The SMILES string of the molecule is CCCCC(C)OOC(C)(C)C. The topological polar surface area (TPSA) is 18.5 Å². The molecule has 0 heterocycles. The second-order valence-electron chi connectivity index (χ2n) is 4.24. The first kappa shape index (κ1) is 11.9. The second kappa shape index (κ2) is 5.55. The lowest BCUT2D eigenvalue weighted by Gasteiger charge is -2.20. The zero-order valence-corrected chi connectivity index (χ0v) is 9.02. The molecular weight excluding hydrogens is 152 g/mol. The van der Waals surface area contributed by atoms with Crippen molar-refractivity contribution in [2.24, 2.45) is 0 Å². The quantitative estimate of drug-likeness (QED) is 0.470. The Morgan fingerprint density at radius 1 is 1.25 bits per heavy atom. The van der Waals surface area contributed by atoms with Gasteiger partial charge in [-0.05, 0) is 34.1 Å². The fraction of sp³-hybridized carbons (Fsp3) is 1.00. The summed E-state index contributed by atoms with van der Waals surface area (Å²) >= 11 is 0. The van der Waals surface area contributed by atoms with E-state index in [1.807, 2.05) is 27.7 Å². The van der Waals surface area contributed by atoms with Gasteiger partial charge in [0, 0.05) is 0 Å². The number of rotatable bonds is 5. The number of unbranched alkanes of at least 4 members (excludes halogenated alkanes) is 1. The van der Waals surface area contributed by atoms with Crippen LogP contribution in [0, 0.1) is 0 Å². The third-order valence-corrected chi connectivity index (χ3v) is 1.43. The van der Waals surface area contributed by atoms with Crippen LogP contribution in [-0.2, 0) is 9.78 Å². The largest absolute Gasteiger partial charge is 0.233 e. The molecule has 0 radical (unpaired) electrons. The zero-order chi connectivity index (χ0) is 9.61. The minimum Gasteiger partial charge on any atom is -0.233 e. The van der Waals surface area contributed by atoms with Crippen molar-refractivity contribution in [3.63, 3.8) is 0 Å². The van der Waals surface area contributed by atoms with Crippen molar-refractivity contribution in [2.45, 2.75) is 65.6 Å². The van der Waals surface area contributed by atoms with E-state index >= 15 is 0 Å². The summed E-state index contributed by atoms with van der Waals surface area (Å²) in [6.45, 7) is 10.2. The molecule has 0 aliphatic heterocycles. The van der Waals surface area contributed by atoms with E-state index < -0.39 is 0 Å². The molecule has 1 atom stereocenters. The maximum atomic E-state index is 5.21. The Labute approximate surface area is 76.2 Å². The molecule has 2 nitrogen and oxygen atoms in total. The van der Waals surface area contributed by atoms with Crippen LogP contribution < -0.4 is 0 Å². The van der Waals surface area contributed by atoms with E-state index in [1.165, 1.54) is 12.8 Å². The lowest BCUT2D eigenvalue weighted by Crippen LogP contribution is -2.22. The maximum Gasteiger partial charge on any atom is 0.0952 e. The molecule has 0 aromatic rings. The van der Waals surface area contributed by atoms with Gasteiger partial charge in [-0.15, -0.1) is 0 Å². The maximum absolute atomic E-state index is 5.21. The first-order chi connectivity index (χ1) is 5.45. The molecule has 0 spiro atoms. The van der Waals surface area contributed by atoms with E-state index in [9.17, 15) is 0 Å². The van der Waals surface area contributed by atoms with Crippen LogP contribution in [-0.4, -0.2) is 11.7 Å². The molecule has 0 bridgehead atoms. The zero-order valence-electron chi connectivity index (χ0n) is 9.02. The monoisotopic (exact) mass is 174 g/mol. The van der Waals surface area contributed by atoms with Crippen molar-refractivity contribution in [3.8, 4) is 0 Å². The van der Waals surface area contributed by atoms with Crippen molar-refractivity contribution in [3.05, 3.63) is 0 Å². The highest BCUT2D eigenvalue weighted by Crippen LogP contribution is 2.11. The van der Waals surface area contributed by atoms with Crippen LogP contribution in [0.15, 0.2) is 0 Å². The van der Waals surface area contributed by atoms with Crippen LogP contribution in [0.1, 0.15) is 53.9 Å². The van der Waals surface area contributed by atoms with Crippen LogP contribution in [0.5, 0.6) is 0 Å². The van der Waals surface area contributed by atoms with Gasteiger partial charge in [0.1, 0.15) is 0 Å². The van der Waals surface area contributed by atoms with Gasteiger partial charge in [0.05, 0.1) is 11.7 Å². The molecule has 0 aromatic carbocycles. The molecular formula is C10H22O2. The molecule has 2 heteroatoms. The Morgan fingerprint density at radius 3 is 2.25 bits per heavy atom. The van der Waals surface area contributed by atoms with Crippen molar-refractivity contribution < 1.29 is 9.78 Å². The van der Waals surface area contributed by atoms with Crippen LogP contribution in [0.3, 0.4) is 0 Å². The number of hydrogen-bond acceptors (Lipinski definition) is 2. The molecule has 12 heavy (non-hydrogen) atoms. The highest BCUT2D eigenvalue weighted by Gasteiger charge is 2.13. The van der Waals surface area contributed by atoms with Gasteiger partial charge in [0.2, 0.25) is 0 Å². The lowest BCUT2D eigenvalue weighted by molar-refractivity contribution is -0.370. The van der Waals surface area contributed by atoms with Gasteiger partial charge in [-0.25, -0.2) is 9.78 Å². The molecule has 0 saturated heterocycles. The Bertz CT molecular complexity index is 105. The molecule has 0 rings (SSSR count). The summed E-state index contributed by atoms with van der Waals surface area (Å²) < 4.78 is 0. The normalized spacial score (nSPS) is 14.8. The summed E-state index contributed by atoms with van der Waals surface area (Å²) in [6, 6.07) is 0. The summed E-state index contributed by atoms with van der Waals surface area (Å²) in [5.41, 5.74) is -0.194. The third-order valence-electron chi connectivity index (χ3n) is 1.43. The van der Waals surface area contributed by atoms with Crippen molar-refractivity contribution in [1.29, 1.82) is 0 Å². The first-order valence-corrected chi connectivity index (χ1v) is 4.80. The van der Waals surface area contributed by atoms with Crippen molar-refractivity contribution in [2.75, 3.05) is 0 Å². The minimum absolute atomic E-state index is 0.194. The Balaban J connectivity index is 3.37. The Morgan fingerprint density at radius 2 is 1.83 bits per heavy atom. The molecule has 0 fully saturated rings. The first-order valence-electron chi connectivity index (χ1n) is 4.80. The average molecular weight is 174 g/mol. The van der Waals surface area contributed by atoms with Gasteiger partial charge in [0.15, 0.2) is 0 Å². The predicted molar refractivity (Wildman–Crippen MR) is 50.9 cm³/mol. The highest BCUT2D eigenvalue weighted by atomic mass is 17.2. The summed E-state index contributed by atoms with van der Waals surface area (Å²) in [7, 11) is 0. The molecule has 0 saturated carbocycles. The molecule has 1 unspecified atom stereocenters. The van der Waals surface area contributed by atoms with Crippen molar-refractivity contribution in [1.82, 2.24) is 0 Å². The standard InChI is InChI=1S/C10H22O2/c1-6-7-8-9(2)11-12-10(3,4)5/h9H,6-8H2,1-5H3. The highest BCUT2D eigenvalue weighted by molar-refractivity contribution is 4.55. The van der Waals surface area contributed by atoms with Gasteiger partial charge in [-0.1, -0.05) is 19.8 Å². The molecule has 0 N–H and O–H groups in total. The molecule has 0 aliphatic carbocycles. The van der Waals surface area contributed by atoms with Crippen molar-refractivity contribution >= 4 is 0 Å². The van der Waals surface area contributed by atoms with E-state index in [0.29, 0.717) is 0 Å². The van der Waals surface area contributed by atoms with E-state index in [-0.39, 0.29) is 11.7 Å². The van der Waals surface area contributed by atoms with E-state index in [0.717, 1.165) is 6.42 Å². The van der Waals surface area contributed by atoms with E-state index in [4.69, 9.17) is 9.78 Å². The van der Waals surface area contributed by atoms with Crippen LogP contribution in [0.4, 0.5) is 0 Å². The van der Waals surface area contributed by atoms with Gasteiger partial charge in [0.25, 0.3) is 0 Å². The summed E-state index contributed by atoms with van der Waals surface area (Å²) in [5, 5.41) is 0.